The minimum atomic E-state index is -0.210. The lowest BCUT2D eigenvalue weighted by atomic mass is 9.70. The van der Waals surface area contributed by atoms with Gasteiger partial charge in [0.2, 0.25) is 0 Å². The van der Waals surface area contributed by atoms with Crippen molar-refractivity contribution >= 4 is 0 Å². The minimum absolute atomic E-state index is 0.0629. The maximum atomic E-state index is 11.3. The quantitative estimate of drug-likeness (QED) is 0.650. The molecule has 0 radical (unpaired) electrons. The van der Waals surface area contributed by atoms with Crippen molar-refractivity contribution in [3.63, 3.8) is 0 Å². The molecule has 2 atom stereocenters. The minimum Gasteiger partial charge on any atom is -0.427 e. The fourth-order valence-corrected chi connectivity index (χ4v) is 3.58. The zero-order chi connectivity index (χ0) is 10.8. The van der Waals surface area contributed by atoms with Crippen LogP contribution in [0.5, 0.6) is 0 Å². The largest absolute Gasteiger partial charge is 0.427 e. The second kappa shape index (κ2) is 2.37. The van der Waals surface area contributed by atoms with Crippen molar-refractivity contribution in [2.75, 3.05) is 0 Å². The van der Waals surface area contributed by atoms with Crippen LogP contribution in [0.4, 0.5) is 0 Å². The van der Waals surface area contributed by atoms with Gasteiger partial charge in [0.15, 0.2) is 0 Å². The van der Waals surface area contributed by atoms with Crippen LogP contribution in [-0.4, -0.2) is 0 Å². The van der Waals surface area contributed by atoms with E-state index in [-0.39, 0.29) is 16.5 Å². The SMILES string of the molecule is CC1(C)[C@H]2CC[C@@]1(C)c1oc(=O)ccc12. The van der Waals surface area contributed by atoms with Crippen LogP contribution < -0.4 is 5.63 Å². The molecule has 0 N–H and O–H groups in total. The fraction of sp³-hybridized carbons (Fsp3) is 0.615. The molecule has 0 aromatic carbocycles. The van der Waals surface area contributed by atoms with Gasteiger partial charge in [-0.3, -0.25) is 0 Å². The van der Waals surface area contributed by atoms with Crippen molar-refractivity contribution in [3.05, 3.63) is 33.9 Å². The molecule has 2 aliphatic carbocycles. The molecule has 0 spiro atoms. The maximum Gasteiger partial charge on any atom is 0.335 e. The van der Waals surface area contributed by atoms with E-state index in [0.717, 1.165) is 12.2 Å². The van der Waals surface area contributed by atoms with Gasteiger partial charge < -0.3 is 4.42 Å². The molecule has 1 aromatic heterocycles. The van der Waals surface area contributed by atoms with Crippen molar-refractivity contribution in [2.24, 2.45) is 5.41 Å². The van der Waals surface area contributed by atoms with E-state index in [2.05, 4.69) is 20.8 Å². The van der Waals surface area contributed by atoms with Gasteiger partial charge in [0.05, 0.1) is 0 Å². The molecule has 0 saturated heterocycles. The summed E-state index contributed by atoms with van der Waals surface area (Å²) < 4.78 is 5.44. The highest BCUT2D eigenvalue weighted by Gasteiger charge is 2.61. The summed E-state index contributed by atoms with van der Waals surface area (Å²) in [5.74, 6) is 1.53. The summed E-state index contributed by atoms with van der Waals surface area (Å²) >= 11 is 0. The van der Waals surface area contributed by atoms with E-state index in [9.17, 15) is 4.79 Å². The first-order valence-electron chi connectivity index (χ1n) is 5.61. The molecular weight excluding hydrogens is 188 g/mol. The molecule has 1 heterocycles. The standard InChI is InChI=1S/C13H16O2/c1-12(2)9-6-7-13(12,3)11-8(9)4-5-10(14)15-11/h4-5,9H,6-7H2,1-3H3/t9-,13-/m0/s1. The van der Waals surface area contributed by atoms with E-state index in [4.69, 9.17) is 4.42 Å². The Labute approximate surface area is 89.3 Å². The predicted octanol–water partition coefficient (Wildman–Crippen LogP) is 2.81. The second-order valence-electron chi connectivity index (χ2n) is 5.68. The Kier molecular flexibility index (Phi) is 1.45. The Morgan fingerprint density at radius 3 is 2.80 bits per heavy atom. The first-order valence-corrected chi connectivity index (χ1v) is 5.61. The lowest BCUT2D eigenvalue weighted by molar-refractivity contribution is 0.201. The second-order valence-corrected chi connectivity index (χ2v) is 5.68. The summed E-state index contributed by atoms with van der Waals surface area (Å²) in [6, 6.07) is 3.52. The number of fused-ring (bicyclic) bond motifs is 5. The fourth-order valence-electron chi connectivity index (χ4n) is 3.58. The summed E-state index contributed by atoms with van der Waals surface area (Å²) in [6.07, 6.45) is 2.37. The monoisotopic (exact) mass is 204 g/mol. The zero-order valence-corrected chi connectivity index (χ0v) is 9.46. The molecule has 1 fully saturated rings. The van der Waals surface area contributed by atoms with Crippen molar-refractivity contribution < 1.29 is 4.42 Å². The third kappa shape index (κ3) is 0.842. The number of rotatable bonds is 0. The molecule has 2 heteroatoms. The van der Waals surface area contributed by atoms with Crippen LogP contribution in [0.25, 0.3) is 0 Å². The third-order valence-corrected chi connectivity index (χ3v) is 4.97. The van der Waals surface area contributed by atoms with Crippen molar-refractivity contribution in [3.8, 4) is 0 Å². The zero-order valence-electron chi connectivity index (χ0n) is 9.46. The molecule has 3 rings (SSSR count). The van der Waals surface area contributed by atoms with Crippen molar-refractivity contribution in [1.82, 2.24) is 0 Å². The molecule has 80 valence electrons. The lowest BCUT2D eigenvalue weighted by Crippen LogP contribution is -2.31. The van der Waals surface area contributed by atoms with Gasteiger partial charge in [0.25, 0.3) is 0 Å². The van der Waals surface area contributed by atoms with Crippen LogP contribution in [-0.2, 0) is 5.41 Å². The maximum absolute atomic E-state index is 11.3. The summed E-state index contributed by atoms with van der Waals surface area (Å²) in [4.78, 5) is 11.3. The van der Waals surface area contributed by atoms with Crippen LogP contribution in [0.3, 0.4) is 0 Å². The van der Waals surface area contributed by atoms with E-state index >= 15 is 0 Å². The van der Waals surface area contributed by atoms with E-state index in [1.54, 1.807) is 6.07 Å². The Hall–Kier alpha value is -1.05. The molecule has 0 aliphatic heterocycles. The molecular formula is C13H16O2. The van der Waals surface area contributed by atoms with Crippen LogP contribution >= 0.6 is 0 Å². The molecule has 1 saturated carbocycles. The summed E-state index contributed by atoms with van der Waals surface area (Å²) in [5, 5.41) is 0. The summed E-state index contributed by atoms with van der Waals surface area (Å²) in [6.45, 7) is 6.83. The van der Waals surface area contributed by atoms with E-state index in [0.29, 0.717) is 5.92 Å². The molecule has 2 aliphatic rings. The van der Waals surface area contributed by atoms with E-state index < -0.39 is 0 Å². The van der Waals surface area contributed by atoms with Gasteiger partial charge in [-0.2, -0.15) is 0 Å². The molecule has 2 bridgehead atoms. The van der Waals surface area contributed by atoms with Gasteiger partial charge >= 0.3 is 5.63 Å². The predicted molar refractivity (Wildman–Crippen MR) is 58.1 cm³/mol. The first kappa shape index (κ1) is 9.20. The highest BCUT2D eigenvalue weighted by molar-refractivity contribution is 5.42. The normalized spacial score (nSPS) is 35.5. The average Bonchev–Trinajstić information content (AvgIpc) is 2.48. The van der Waals surface area contributed by atoms with E-state index in [1.165, 1.54) is 12.0 Å². The van der Waals surface area contributed by atoms with Crippen LogP contribution in [0.2, 0.25) is 0 Å². The average molecular weight is 204 g/mol. The summed E-state index contributed by atoms with van der Waals surface area (Å²) in [7, 11) is 0. The van der Waals surface area contributed by atoms with Gasteiger partial charge in [-0.05, 0) is 35.8 Å². The molecule has 15 heavy (non-hydrogen) atoms. The Balaban J connectivity index is 2.34. The first-order chi connectivity index (χ1) is 6.97. The van der Waals surface area contributed by atoms with E-state index in [1.807, 2.05) is 6.07 Å². The molecule has 0 amide bonds. The Bertz CT molecular complexity index is 484. The topological polar surface area (TPSA) is 30.2 Å². The Morgan fingerprint density at radius 1 is 1.33 bits per heavy atom. The van der Waals surface area contributed by atoms with Gasteiger partial charge in [-0.15, -0.1) is 0 Å². The van der Waals surface area contributed by atoms with Gasteiger partial charge in [-0.25, -0.2) is 4.79 Å². The van der Waals surface area contributed by atoms with Gasteiger partial charge in [0, 0.05) is 11.5 Å². The highest BCUT2D eigenvalue weighted by atomic mass is 16.4. The van der Waals surface area contributed by atoms with Gasteiger partial charge in [0.1, 0.15) is 5.76 Å². The number of hydrogen-bond acceptors (Lipinski definition) is 2. The van der Waals surface area contributed by atoms with Gasteiger partial charge in [-0.1, -0.05) is 20.8 Å². The highest BCUT2D eigenvalue weighted by Crippen LogP contribution is 2.67. The van der Waals surface area contributed by atoms with Crippen LogP contribution in [0.15, 0.2) is 21.3 Å². The third-order valence-electron chi connectivity index (χ3n) is 4.97. The lowest BCUT2D eigenvalue weighted by Gasteiger charge is -2.33. The smallest absolute Gasteiger partial charge is 0.335 e. The Morgan fingerprint density at radius 2 is 2.07 bits per heavy atom. The molecule has 2 nitrogen and oxygen atoms in total. The van der Waals surface area contributed by atoms with Crippen LogP contribution in [0.1, 0.15) is 50.9 Å². The summed E-state index contributed by atoms with van der Waals surface area (Å²) in [5.41, 5.74) is 1.35. The van der Waals surface area contributed by atoms with Crippen molar-refractivity contribution in [2.45, 2.75) is 44.9 Å². The van der Waals surface area contributed by atoms with Crippen molar-refractivity contribution in [1.29, 1.82) is 0 Å². The van der Waals surface area contributed by atoms with Crippen LogP contribution in [0, 0.1) is 5.41 Å². The molecule has 0 unspecified atom stereocenters. The molecule has 1 aromatic rings. The number of hydrogen-bond donors (Lipinski definition) is 0.